The molecule has 2 aromatic carbocycles. The zero-order valence-electron chi connectivity index (χ0n) is 14.2. The average Bonchev–Trinajstić information content (AvgIpc) is 3.15. The fourth-order valence-corrected chi connectivity index (χ4v) is 2.96. The predicted octanol–water partition coefficient (Wildman–Crippen LogP) is 3.74. The minimum atomic E-state index is 0.411. The molecule has 4 rings (SSSR count). The number of nitrogens with zero attached hydrogens (tertiary/aromatic N) is 3. The molecule has 2 aromatic heterocycles. The highest BCUT2D eigenvalue weighted by Crippen LogP contribution is 2.39. The lowest BCUT2D eigenvalue weighted by atomic mass is 10.1. The lowest BCUT2D eigenvalue weighted by Crippen LogP contribution is -2.00. The molecule has 0 aliphatic carbocycles. The van der Waals surface area contributed by atoms with Crippen LogP contribution in [0.5, 0.6) is 11.5 Å². The smallest absolute Gasteiger partial charge is 0.145 e. The first-order valence-electron chi connectivity index (χ1n) is 7.89. The van der Waals surface area contributed by atoms with E-state index in [-0.39, 0.29) is 0 Å². The number of aromatic nitrogens is 3. The Bertz CT molecular complexity index is 1160. The molecule has 128 valence electrons. The molecule has 7 nitrogen and oxygen atoms in total. The van der Waals surface area contributed by atoms with Crippen molar-refractivity contribution in [1.29, 1.82) is 5.26 Å². The average molecular weight is 345 g/mol. The summed E-state index contributed by atoms with van der Waals surface area (Å²) < 4.78 is 10.9. The van der Waals surface area contributed by atoms with Gasteiger partial charge in [-0.25, -0.2) is 0 Å². The summed E-state index contributed by atoms with van der Waals surface area (Å²) in [4.78, 5) is 4.39. The molecule has 0 radical (unpaired) electrons. The molecule has 0 aliphatic heterocycles. The third kappa shape index (κ3) is 2.45. The molecule has 0 atom stereocenters. The van der Waals surface area contributed by atoms with Gasteiger partial charge in [-0.1, -0.05) is 0 Å². The molecule has 4 aromatic rings. The number of pyridine rings is 1. The van der Waals surface area contributed by atoms with Crippen molar-refractivity contribution in [1.82, 2.24) is 15.2 Å². The first-order valence-corrected chi connectivity index (χ1v) is 7.89. The van der Waals surface area contributed by atoms with E-state index in [0.29, 0.717) is 33.7 Å². The zero-order valence-corrected chi connectivity index (χ0v) is 14.2. The molecule has 0 amide bonds. The summed E-state index contributed by atoms with van der Waals surface area (Å²) in [5.74, 6) is 1.22. The summed E-state index contributed by atoms with van der Waals surface area (Å²) in [6.07, 6.45) is 3.29. The Hall–Kier alpha value is -3.79. The number of hydrogen-bond acceptors (Lipinski definition) is 6. The SMILES string of the molecule is COc1ccc(OC)c2c(Nc3ccc4cn[nH]c4c3)c(C#N)cnc12. The summed E-state index contributed by atoms with van der Waals surface area (Å²) in [6.45, 7) is 0. The van der Waals surface area contributed by atoms with Crippen LogP contribution in [0.25, 0.3) is 21.8 Å². The third-order valence-electron chi connectivity index (χ3n) is 4.22. The van der Waals surface area contributed by atoms with Crippen LogP contribution in [-0.4, -0.2) is 29.4 Å². The van der Waals surface area contributed by atoms with Crippen molar-refractivity contribution in [2.24, 2.45) is 0 Å². The maximum atomic E-state index is 9.57. The van der Waals surface area contributed by atoms with Gasteiger partial charge >= 0.3 is 0 Å². The number of rotatable bonds is 4. The fourth-order valence-electron chi connectivity index (χ4n) is 2.96. The molecule has 2 heterocycles. The predicted molar refractivity (Wildman–Crippen MR) is 98.9 cm³/mol. The first-order chi connectivity index (χ1) is 12.7. The van der Waals surface area contributed by atoms with Crippen LogP contribution in [0.15, 0.2) is 42.7 Å². The number of methoxy groups -OCH3 is 2. The van der Waals surface area contributed by atoms with Crippen LogP contribution >= 0.6 is 0 Å². The monoisotopic (exact) mass is 345 g/mol. The van der Waals surface area contributed by atoms with Crippen LogP contribution in [0.3, 0.4) is 0 Å². The van der Waals surface area contributed by atoms with E-state index < -0.39 is 0 Å². The number of nitrogens with one attached hydrogen (secondary N) is 2. The van der Waals surface area contributed by atoms with Gasteiger partial charge in [0.15, 0.2) is 0 Å². The van der Waals surface area contributed by atoms with Crippen LogP contribution in [0, 0.1) is 11.3 Å². The summed E-state index contributed by atoms with van der Waals surface area (Å²) in [6, 6.07) is 11.6. The second-order valence-electron chi connectivity index (χ2n) is 5.65. The third-order valence-corrected chi connectivity index (χ3v) is 4.22. The molecule has 7 heteroatoms. The van der Waals surface area contributed by atoms with Gasteiger partial charge in [-0.2, -0.15) is 10.4 Å². The van der Waals surface area contributed by atoms with Gasteiger partial charge in [-0.05, 0) is 30.3 Å². The van der Waals surface area contributed by atoms with Crippen LogP contribution in [0.2, 0.25) is 0 Å². The highest BCUT2D eigenvalue weighted by atomic mass is 16.5. The lowest BCUT2D eigenvalue weighted by molar-refractivity contribution is 0.410. The lowest BCUT2D eigenvalue weighted by Gasteiger charge is -2.15. The number of anilines is 2. The van der Waals surface area contributed by atoms with E-state index in [1.54, 1.807) is 32.5 Å². The largest absolute Gasteiger partial charge is 0.496 e. The minimum absolute atomic E-state index is 0.411. The molecular weight excluding hydrogens is 330 g/mol. The maximum absolute atomic E-state index is 9.57. The van der Waals surface area contributed by atoms with Crippen molar-refractivity contribution >= 4 is 33.2 Å². The van der Waals surface area contributed by atoms with Crippen molar-refractivity contribution in [3.8, 4) is 17.6 Å². The Morgan fingerprint density at radius 2 is 1.88 bits per heavy atom. The second-order valence-corrected chi connectivity index (χ2v) is 5.65. The van der Waals surface area contributed by atoms with Crippen molar-refractivity contribution in [3.05, 3.63) is 48.3 Å². The second kappa shape index (κ2) is 6.26. The normalized spacial score (nSPS) is 10.7. The molecule has 0 saturated heterocycles. The number of H-pyrrole nitrogens is 1. The number of fused-ring (bicyclic) bond motifs is 2. The van der Waals surface area contributed by atoms with E-state index in [9.17, 15) is 5.26 Å². The molecule has 0 unspecified atom stereocenters. The van der Waals surface area contributed by atoms with Crippen LogP contribution in [0.4, 0.5) is 11.4 Å². The van der Waals surface area contributed by atoms with Crippen molar-refractivity contribution < 1.29 is 9.47 Å². The molecule has 0 aliphatic rings. The van der Waals surface area contributed by atoms with E-state index in [0.717, 1.165) is 16.6 Å². The number of nitriles is 1. The number of hydrogen-bond donors (Lipinski definition) is 2. The van der Waals surface area contributed by atoms with Crippen LogP contribution in [-0.2, 0) is 0 Å². The summed E-state index contributed by atoms with van der Waals surface area (Å²) in [5.41, 5.74) is 3.36. The van der Waals surface area contributed by atoms with Gasteiger partial charge in [0.1, 0.15) is 23.1 Å². The van der Waals surface area contributed by atoms with Gasteiger partial charge in [0.25, 0.3) is 0 Å². The number of benzene rings is 2. The van der Waals surface area contributed by atoms with E-state index in [1.165, 1.54) is 6.20 Å². The highest BCUT2D eigenvalue weighted by Gasteiger charge is 2.17. The van der Waals surface area contributed by atoms with Crippen LogP contribution < -0.4 is 14.8 Å². The molecule has 0 fully saturated rings. The van der Waals surface area contributed by atoms with Gasteiger partial charge in [-0.15, -0.1) is 0 Å². The van der Waals surface area contributed by atoms with Crippen molar-refractivity contribution in [2.45, 2.75) is 0 Å². The van der Waals surface area contributed by atoms with Gasteiger partial charge in [0.2, 0.25) is 0 Å². The first kappa shape index (κ1) is 15.7. The summed E-state index contributed by atoms with van der Waals surface area (Å²) >= 11 is 0. The van der Waals surface area contributed by atoms with E-state index in [1.807, 2.05) is 18.2 Å². The maximum Gasteiger partial charge on any atom is 0.145 e. The summed E-state index contributed by atoms with van der Waals surface area (Å²) in [5, 5.41) is 21.6. The zero-order chi connectivity index (χ0) is 18.1. The number of ether oxygens (including phenoxy) is 2. The topological polar surface area (TPSA) is 95.9 Å². The van der Waals surface area contributed by atoms with Gasteiger partial charge in [0.05, 0.1) is 42.6 Å². The summed E-state index contributed by atoms with van der Waals surface area (Å²) in [7, 11) is 3.17. The Morgan fingerprint density at radius 3 is 2.65 bits per heavy atom. The van der Waals surface area contributed by atoms with Crippen molar-refractivity contribution in [2.75, 3.05) is 19.5 Å². The molecular formula is C19H15N5O2. The fraction of sp³-hybridized carbons (Fsp3) is 0.105. The molecule has 2 N–H and O–H groups in total. The molecule has 0 bridgehead atoms. The standard InChI is InChI=1S/C19H15N5O2/c1-25-15-5-6-16(26-2)19-17(15)18(12(8-20)9-21-19)23-13-4-3-11-10-22-24-14(11)7-13/h3-7,9-10H,1-2H3,(H,21,23)(H,22,24). The van der Waals surface area contributed by atoms with E-state index >= 15 is 0 Å². The number of aromatic amines is 1. The van der Waals surface area contributed by atoms with E-state index in [2.05, 4.69) is 26.6 Å². The van der Waals surface area contributed by atoms with E-state index in [4.69, 9.17) is 9.47 Å². The highest BCUT2D eigenvalue weighted by molar-refractivity contribution is 6.03. The Labute approximate surface area is 149 Å². The minimum Gasteiger partial charge on any atom is -0.496 e. The molecule has 26 heavy (non-hydrogen) atoms. The van der Waals surface area contributed by atoms with Gasteiger partial charge in [0, 0.05) is 17.3 Å². The van der Waals surface area contributed by atoms with Crippen molar-refractivity contribution in [3.63, 3.8) is 0 Å². The Kier molecular flexibility index (Phi) is 3.78. The van der Waals surface area contributed by atoms with Gasteiger partial charge < -0.3 is 14.8 Å². The molecule has 0 saturated carbocycles. The van der Waals surface area contributed by atoms with Gasteiger partial charge in [-0.3, -0.25) is 10.1 Å². The Balaban J connectivity index is 1.95. The van der Waals surface area contributed by atoms with Crippen LogP contribution in [0.1, 0.15) is 5.56 Å². The Morgan fingerprint density at radius 1 is 1.08 bits per heavy atom. The quantitative estimate of drug-likeness (QED) is 0.585. The molecule has 0 spiro atoms.